The lowest BCUT2D eigenvalue weighted by molar-refractivity contribution is 0.132. The Morgan fingerprint density at radius 1 is 1.12 bits per heavy atom. The molecule has 1 saturated carbocycles. The molecule has 0 atom stereocenters. The highest BCUT2D eigenvalue weighted by molar-refractivity contribution is 7.89. The number of hydrogen-bond acceptors (Lipinski definition) is 5. The number of nitrogens with one attached hydrogen (secondary N) is 1. The van der Waals surface area contributed by atoms with Crippen molar-refractivity contribution in [2.45, 2.75) is 56.6 Å². The molecule has 1 aliphatic rings. The summed E-state index contributed by atoms with van der Waals surface area (Å²) in [5.74, 6) is -0.512. The van der Waals surface area contributed by atoms with E-state index in [9.17, 15) is 12.8 Å². The number of sulfonamides is 1. The van der Waals surface area contributed by atoms with Crippen molar-refractivity contribution in [2.75, 3.05) is 0 Å². The second-order valence-electron chi connectivity index (χ2n) is 6.67. The largest absolute Gasteiger partial charge is 0.460 e. The molecule has 1 N–H and O–H groups in total. The Morgan fingerprint density at radius 3 is 2.38 bits per heavy atom. The van der Waals surface area contributed by atoms with E-state index in [4.69, 9.17) is 4.74 Å². The number of ether oxygens (including phenoxy) is 1. The summed E-state index contributed by atoms with van der Waals surface area (Å²) >= 11 is 0. The lowest BCUT2D eigenvalue weighted by Gasteiger charge is -2.28. The predicted octanol–water partition coefficient (Wildman–Crippen LogP) is 2.90. The van der Waals surface area contributed by atoms with E-state index in [2.05, 4.69) is 14.7 Å². The molecule has 8 heteroatoms. The first-order valence-electron chi connectivity index (χ1n) is 8.57. The summed E-state index contributed by atoms with van der Waals surface area (Å²) in [6.07, 6.45) is 4.72. The van der Waals surface area contributed by atoms with Crippen LogP contribution in [0.15, 0.2) is 35.5 Å². The van der Waals surface area contributed by atoms with Gasteiger partial charge in [-0.15, -0.1) is 0 Å². The van der Waals surface area contributed by atoms with Crippen LogP contribution in [0.25, 0.3) is 0 Å². The Labute approximate surface area is 152 Å². The highest BCUT2D eigenvalue weighted by Crippen LogP contribution is 2.24. The Balaban J connectivity index is 1.57. The summed E-state index contributed by atoms with van der Waals surface area (Å²) < 4.78 is 46.5. The average Bonchev–Trinajstić information content (AvgIpc) is 2.58. The first kappa shape index (κ1) is 18.7. The van der Waals surface area contributed by atoms with Crippen LogP contribution in [0.4, 0.5) is 4.39 Å². The first-order valence-corrected chi connectivity index (χ1v) is 10.1. The minimum Gasteiger partial charge on any atom is -0.460 e. The molecule has 3 rings (SSSR count). The van der Waals surface area contributed by atoms with Crippen LogP contribution < -0.4 is 9.46 Å². The number of hydrogen-bond donors (Lipinski definition) is 1. The Kier molecular flexibility index (Phi) is 5.52. The molecular weight excluding hydrogens is 357 g/mol. The number of nitrogens with zero attached hydrogens (tertiary/aromatic N) is 2. The first-order chi connectivity index (χ1) is 12.3. The molecule has 0 aliphatic heterocycles. The van der Waals surface area contributed by atoms with E-state index in [1.807, 2.05) is 13.0 Å². The van der Waals surface area contributed by atoms with Gasteiger partial charge in [-0.1, -0.05) is 17.7 Å². The Bertz CT molecular complexity index is 864. The minimum atomic E-state index is -3.55. The summed E-state index contributed by atoms with van der Waals surface area (Å²) in [6.45, 7) is 3.73. The van der Waals surface area contributed by atoms with Gasteiger partial charge in [0, 0.05) is 6.04 Å². The molecule has 1 fully saturated rings. The van der Waals surface area contributed by atoms with E-state index < -0.39 is 15.8 Å². The van der Waals surface area contributed by atoms with E-state index in [1.165, 1.54) is 0 Å². The third-order valence-electron chi connectivity index (χ3n) is 4.48. The maximum Gasteiger partial charge on any atom is 0.316 e. The van der Waals surface area contributed by atoms with Crippen LogP contribution in [0.5, 0.6) is 6.01 Å². The van der Waals surface area contributed by atoms with E-state index in [-0.39, 0.29) is 18.2 Å². The summed E-state index contributed by atoms with van der Waals surface area (Å²) in [4.78, 5) is 7.90. The number of rotatable bonds is 5. The predicted molar refractivity (Wildman–Crippen MR) is 94.9 cm³/mol. The zero-order valence-electron chi connectivity index (χ0n) is 14.8. The molecule has 1 aliphatic carbocycles. The zero-order valence-corrected chi connectivity index (χ0v) is 15.6. The Morgan fingerprint density at radius 2 is 1.77 bits per heavy atom. The van der Waals surface area contributed by atoms with Gasteiger partial charge in [-0.25, -0.2) is 27.5 Å². The van der Waals surface area contributed by atoms with Crippen molar-refractivity contribution in [1.82, 2.24) is 14.7 Å². The fraction of sp³-hybridized carbons (Fsp3) is 0.444. The maximum atomic E-state index is 12.8. The normalized spacial score (nSPS) is 20.7. The van der Waals surface area contributed by atoms with E-state index in [0.717, 1.165) is 23.5 Å². The molecule has 0 spiro atoms. The second kappa shape index (κ2) is 7.67. The van der Waals surface area contributed by atoms with Crippen molar-refractivity contribution in [2.24, 2.45) is 0 Å². The minimum absolute atomic E-state index is 0.0951. The van der Waals surface area contributed by atoms with E-state index in [1.54, 1.807) is 19.1 Å². The number of aromatic nitrogens is 2. The molecule has 140 valence electrons. The summed E-state index contributed by atoms with van der Waals surface area (Å²) in [5.41, 5.74) is 1.77. The summed E-state index contributed by atoms with van der Waals surface area (Å²) in [7, 11) is -3.55. The number of aryl methyl sites for hydroxylation is 2. The van der Waals surface area contributed by atoms with Crippen molar-refractivity contribution < 1.29 is 17.5 Å². The van der Waals surface area contributed by atoms with Crippen LogP contribution in [-0.4, -0.2) is 30.5 Å². The summed E-state index contributed by atoms with van der Waals surface area (Å²) in [5, 5.41) is 0. The van der Waals surface area contributed by atoms with E-state index >= 15 is 0 Å². The fourth-order valence-electron chi connectivity index (χ4n) is 3.19. The number of benzene rings is 1. The lowest BCUT2D eigenvalue weighted by Crippen LogP contribution is -2.40. The SMILES string of the molecule is Cc1ccc(S(=O)(=O)NC2CCC(Oc3ncc(F)cn3)CC2)c(C)c1. The average molecular weight is 379 g/mol. The molecule has 0 saturated heterocycles. The van der Waals surface area contributed by atoms with Gasteiger partial charge in [0.1, 0.15) is 6.10 Å². The van der Waals surface area contributed by atoms with Crippen LogP contribution in [0, 0.1) is 19.7 Å². The van der Waals surface area contributed by atoms with Gasteiger partial charge in [-0.3, -0.25) is 0 Å². The second-order valence-corrected chi connectivity index (χ2v) is 8.35. The molecule has 0 amide bonds. The molecule has 6 nitrogen and oxygen atoms in total. The van der Waals surface area contributed by atoms with Gasteiger partial charge in [0.2, 0.25) is 10.0 Å². The van der Waals surface area contributed by atoms with Gasteiger partial charge in [0.05, 0.1) is 17.3 Å². The molecule has 1 heterocycles. The van der Waals surface area contributed by atoms with Crippen LogP contribution in [-0.2, 0) is 10.0 Å². The third-order valence-corrected chi connectivity index (χ3v) is 6.17. The standard InChI is InChI=1S/C18H22FN3O3S/c1-12-3-8-17(13(2)9-12)26(23,24)22-15-4-6-16(7-5-15)25-18-20-10-14(19)11-21-18/h3,8-11,15-16,22H,4-7H2,1-2H3. The van der Waals surface area contributed by atoms with Gasteiger partial charge in [0.25, 0.3) is 0 Å². The van der Waals surface area contributed by atoms with Gasteiger partial charge >= 0.3 is 6.01 Å². The topological polar surface area (TPSA) is 81.2 Å². The van der Waals surface area contributed by atoms with Gasteiger partial charge in [-0.2, -0.15) is 0 Å². The molecule has 26 heavy (non-hydrogen) atoms. The Hall–Kier alpha value is -2.06. The monoisotopic (exact) mass is 379 g/mol. The fourth-order valence-corrected chi connectivity index (χ4v) is 4.72. The highest BCUT2D eigenvalue weighted by Gasteiger charge is 2.27. The smallest absolute Gasteiger partial charge is 0.316 e. The third kappa shape index (κ3) is 4.56. The van der Waals surface area contributed by atoms with Gasteiger partial charge in [0.15, 0.2) is 5.82 Å². The van der Waals surface area contributed by atoms with Crippen molar-refractivity contribution in [3.05, 3.63) is 47.5 Å². The van der Waals surface area contributed by atoms with Crippen molar-refractivity contribution in [3.63, 3.8) is 0 Å². The van der Waals surface area contributed by atoms with Crippen molar-refractivity contribution in [3.8, 4) is 6.01 Å². The van der Waals surface area contributed by atoms with Crippen LogP contribution in [0.1, 0.15) is 36.8 Å². The molecule has 0 bridgehead atoms. The van der Waals surface area contributed by atoms with Gasteiger partial charge in [-0.05, 0) is 51.2 Å². The van der Waals surface area contributed by atoms with E-state index in [0.29, 0.717) is 30.6 Å². The molecule has 1 aromatic heterocycles. The van der Waals surface area contributed by atoms with Crippen LogP contribution in [0.3, 0.4) is 0 Å². The van der Waals surface area contributed by atoms with Crippen molar-refractivity contribution >= 4 is 10.0 Å². The molecule has 2 aromatic rings. The number of halogens is 1. The molecule has 0 radical (unpaired) electrons. The molecule has 0 unspecified atom stereocenters. The zero-order chi connectivity index (χ0) is 18.7. The molecular formula is C18H22FN3O3S. The lowest BCUT2D eigenvalue weighted by atomic mass is 9.94. The highest BCUT2D eigenvalue weighted by atomic mass is 32.2. The van der Waals surface area contributed by atoms with Crippen LogP contribution >= 0.6 is 0 Å². The molecule has 1 aromatic carbocycles. The quantitative estimate of drug-likeness (QED) is 0.864. The summed E-state index contributed by atoms with van der Waals surface area (Å²) in [6, 6.07) is 5.32. The van der Waals surface area contributed by atoms with Gasteiger partial charge < -0.3 is 4.74 Å². The maximum absolute atomic E-state index is 12.8. The van der Waals surface area contributed by atoms with Crippen molar-refractivity contribution in [1.29, 1.82) is 0 Å². The van der Waals surface area contributed by atoms with Crippen LogP contribution in [0.2, 0.25) is 0 Å².